The van der Waals surface area contributed by atoms with Crippen molar-refractivity contribution in [3.8, 4) is 11.5 Å². The fourth-order valence-corrected chi connectivity index (χ4v) is 2.24. The number of unbranched alkanes of at least 4 members (excludes halogenated alkanes) is 1. The Labute approximate surface area is 147 Å². The number of carboxylic acids is 1. The average Bonchev–Trinajstić information content (AvgIpc) is 2.47. The molecule has 0 radical (unpaired) electrons. The van der Waals surface area contributed by atoms with Gasteiger partial charge in [-0.25, -0.2) is 0 Å². The molecule has 0 unspecified atom stereocenters. The SMILES string of the molecule is CCc1cc(OCC=C(Cl)Cl)cc(C)c1OCCCCC(=O)O. The van der Waals surface area contributed by atoms with Crippen LogP contribution in [0.4, 0.5) is 0 Å². The molecule has 0 saturated carbocycles. The lowest BCUT2D eigenvalue weighted by atomic mass is 10.1. The van der Waals surface area contributed by atoms with Crippen LogP contribution in [-0.4, -0.2) is 24.3 Å². The van der Waals surface area contributed by atoms with Crippen molar-refractivity contribution in [1.82, 2.24) is 0 Å². The Bertz CT molecular complexity index is 552. The van der Waals surface area contributed by atoms with Gasteiger partial charge in [-0.2, -0.15) is 0 Å². The second-order valence-electron chi connectivity index (χ2n) is 5.09. The van der Waals surface area contributed by atoms with E-state index < -0.39 is 5.97 Å². The van der Waals surface area contributed by atoms with Crippen LogP contribution in [-0.2, 0) is 11.2 Å². The standard InChI is InChI=1S/C17H22Cl2O4/c1-3-13-11-14(22-9-7-15(18)19)10-12(2)17(13)23-8-5-4-6-16(20)21/h7,10-11H,3-6,8-9H2,1-2H3,(H,20,21). The molecule has 1 rings (SSSR count). The van der Waals surface area contributed by atoms with Crippen molar-refractivity contribution in [2.24, 2.45) is 0 Å². The van der Waals surface area contributed by atoms with Crippen LogP contribution in [0, 0.1) is 6.92 Å². The molecule has 0 atom stereocenters. The first-order valence-corrected chi connectivity index (χ1v) is 8.31. The molecule has 1 aromatic carbocycles. The average molecular weight is 361 g/mol. The van der Waals surface area contributed by atoms with Gasteiger partial charge in [-0.1, -0.05) is 30.1 Å². The number of carboxylic acid groups (broad SMARTS) is 1. The van der Waals surface area contributed by atoms with Crippen molar-refractivity contribution in [1.29, 1.82) is 0 Å². The Morgan fingerprint density at radius 1 is 1.26 bits per heavy atom. The van der Waals surface area contributed by atoms with Gasteiger partial charge in [-0.15, -0.1) is 0 Å². The van der Waals surface area contributed by atoms with Gasteiger partial charge in [0, 0.05) is 6.42 Å². The number of rotatable bonds is 10. The second-order valence-corrected chi connectivity index (χ2v) is 6.09. The summed E-state index contributed by atoms with van der Waals surface area (Å²) in [5.74, 6) is 0.813. The minimum Gasteiger partial charge on any atom is -0.493 e. The number of hydrogen-bond acceptors (Lipinski definition) is 3. The number of halogens is 2. The Hall–Kier alpha value is -1.39. The first-order valence-electron chi connectivity index (χ1n) is 7.56. The van der Waals surface area contributed by atoms with Crippen molar-refractivity contribution in [2.75, 3.05) is 13.2 Å². The van der Waals surface area contributed by atoms with E-state index in [-0.39, 0.29) is 10.9 Å². The number of benzene rings is 1. The predicted molar refractivity (Wildman–Crippen MR) is 92.8 cm³/mol. The van der Waals surface area contributed by atoms with E-state index in [1.807, 2.05) is 26.0 Å². The van der Waals surface area contributed by atoms with E-state index in [4.69, 9.17) is 37.8 Å². The molecule has 0 aliphatic heterocycles. The van der Waals surface area contributed by atoms with Gasteiger partial charge in [-0.05, 0) is 55.5 Å². The molecule has 0 aliphatic rings. The highest BCUT2D eigenvalue weighted by Crippen LogP contribution is 2.30. The molecular formula is C17H22Cl2O4. The largest absolute Gasteiger partial charge is 0.493 e. The zero-order valence-corrected chi connectivity index (χ0v) is 14.9. The van der Waals surface area contributed by atoms with Gasteiger partial charge in [0.2, 0.25) is 0 Å². The number of aliphatic carboxylic acids is 1. The molecular weight excluding hydrogens is 339 g/mol. The molecule has 6 heteroatoms. The summed E-state index contributed by atoms with van der Waals surface area (Å²) in [7, 11) is 0. The zero-order chi connectivity index (χ0) is 17.2. The predicted octanol–water partition coefficient (Wildman–Crippen LogP) is 4.89. The van der Waals surface area contributed by atoms with Crippen molar-refractivity contribution < 1.29 is 19.4 Å². The Kier molecular flexibility index (Phi) is 8.89. The third-order valence-electron chi connectivity index (χ3n) is 3.22. The Balaban J connectivity index is 2.65. The first kappa shape index (κ1) is 19.7. The molecule has 0 heterocycles. The van der Waals surface area contributed by atoms with Crippen molar-refractivity contribution in [2.45, 2.75) is 39.5 Å². The van der Waals surface area contributed by atoms with Crippen LogP contribution in [0.3, 0.4) is 0 Å². The van der Waals surface area contributed by atoms with Gasteiger partial charge in [0.15, 0.2) is 0 Å². The molecule has 1 aromatic rings. The number of hydrogen-bond donors (Lipinski definition) is 1. The lowest BCUT2D eigenvalue weighted by Gasteiger charge is -2.15. The van der Waals surface area contributed by atoms with Crippen molar-refractivity contribution in [3.05, 3.63) is 33.8 Å². The van der Waals surface area contributed by atoms with Crippen LogP contribution in [0.1, 0.15) is 37.3 Å². The molecule has 0 spiro atoms. The van der Waals surface area contributed by atoms with Crippen LogP contribution in [0.2, 0.25) is 0 Å². The number of carbonyl (C=O) groups is 1. The summed E-state index contributed by atoms with van der Waals surface area (Å²) in [5, 5.41) is 8.62. The van der Waals surface area contributed by atoms with E-state index in [0.29, 0.717) is 26.1 Å². The Morgan fingerprint density at radius 2 is 2.00 bits per heavy atom. The van der Waals surface area contributed by atoms with E-state index in [1.165, 1.54) is 0 Å². The third kappa shape index (κ3) is 7.62. The number of aryl methyl sites for hydroxylation is 2. The quantitative estimate of drug-likeness (QED) is 0.603. The molecule has 0 aliphatic carbocycles. The summed E-state index contributed by atoms with van der Waals surface area (Å²) in [5.41, 5.74) is 2.04. The van der Waals surface area contributed by atoms with Gasteiger partial charge >= 0.3 is 5.97 Å². The van der Waals surface area contributed by atoms with E-state index in [1.54, 1.807) is 6.08 Å². The van der Waals surface area contributed by atoms with Crippen molar-refractivity contribution in [3.63, 3.8) is 0 Å². The highest BCUT2D eigenvalue weighted by atomic mass is 35.5. The highest BCUT2D eigenvalue weighted by Gasteiger charge is 2.09. The fourth-order valence-electron chi connectivity index (χ4n) is 2.12. The second kappa shape index (κ2) is 10.4. The van der Waals surface area contributed by atoms with Crippen LogP contribution < -0.4 is 9.47 Å². The molecule has 0 aromatic heterocycles. The smallest absolute Gasteiger partial charge is 0.303 e. The summed E-state index contributed by atoms with van der Waals surface area (Å²) in [6.45, 7) is 4.82. The van der Waals surface area contributed by atoms with E-state index in [9.17, 15) is 4.79 Å². The van der Waals surface area contributed by atoms with Crippen LogP contribution in [0.25, 0.3) is 0 Å². The third-order valence-corrected chi connectivity index (χ3v) is 3.53. The normalized spacial score (nSPS) is 10.3. The lowest BCUT2D eigenvalue weighted by Crippen LogP contribution is -2.04. The van der Waals surface area contributed by atoms with Gasteiger partial charge in [0.05, 0.1) is 6.61 Å². The molecule has 0 bridgehead atoms. The maximum absolute atomic E-state index is 10.5. The summed E-state index contributed by atoms with van der Waals surface area (Å²) in [4.78, 5) is 10.5. The van der Waals surface area contributed by atoms with Crippen LogP contribution in [0.15, 0.2) is 22.7 Å². The Morgan fingerprint density at radius 3 is 2.61 bits per heavy atom. The maximum Gasteiger partial charge on any atom is 0.303 e. The molecule has 128 valence electrons. The monoisotopic (exact) mass is 360 g/mol. The van der Waals surface area contributed by atoms with Gasteiger partial charge in [0.1, 0.15) is 22.6 Å². The van der Waals surface area contributed by atoms with Crippen LogP contribution >= 0.6 is 23.2 Å². The van der Waals surface area contributed by atoms with E-state index in [0.717, 1.165) is 29.0 Å². The minimum absolute atomic E-state index is 0.173. The van der Waals surface area contributed by atoms with Crippen LogP contribution in [0.5, 0.6) is 11.5 Å². The van der Waals surface area contributed by atoms with Gasteiger partial charge in [-0.3, -0.25) is 4.79 Å². The van der Waals surface area contributed by atoms with E-state index >= 15 is 0 Å². The molecule has 0 amide bonds. The minimum atomic E-state index is -0.775. The summed E-state index contributed by atoms with van der Waals surface area (Å²) in [6.07, 6.45) is 3.90. The molecule has 4 nitrogen and oxygen atoms in total. The maximum atomic E-state index is 10.5. The van der Waals surface area contributed by atoms with Gasteiger partial charge in [0.25, 0.3) is 0 Å². The topological polar surface area (TPSA) is 55.8 Å². The lowest BCUT2D eigenvalue weighted by molar-refractivity contribution is -0.137. The van der Waals surface area contributed by atoms with Gasteiger partial charge < -0.3 is 14.6 Å². The summed E-state index contributed by atoms with van der Waals surface area (Å²) >= 11 is 11.1. The molecule has 0 fully saturated rings. The first-order chi connectivity index (χ1) is 10.9. The fraction of sp³-hybridized carbons (Fsp3) is 0.471. The highest BCUT2D eigenvalue weighted by molar-refractivity contribution is 6.55. The summed E-state index contributed by atoms with van der Waals surface area (Å²) in [6, 6.07) is 3.84. The van der Waals surface area contributed by atoms with E-state index in [2.05, 4.69) is 0 Å². The van der Waals surface area contributed by atoms with Crippen molar-refractivity contribution >= 4 is 29.2 Å². The molecule has 23 heavy (non-hydrogen) atoms. The molecule has 0 saturated heterocycles. The zero-order valence-electron chi connectivity index (χ0n) is 13.4. The number of ether oxygens (including phenoxy) is 2. The summed E-state index contributed by atoms with van der Waals surface area (Å²) < 4.78 is 11.6. The molecule has 1 N–H and O–H groups in total.